The van der Waals surface area contributed by atoms with Crippen molar-refractivity contribution in [2.24, 2.45) is 0 Å². The minimum atomic E-state index is -0.259. The first-order valence-electron chi connectivity index (χ1n) is 11.6. The second-order valence-electron chi connectivity index (χ2n) is 8.53. The van der Waals surface area contributed by atoms with Crippen LogP contribution in [-0.4, -0.2) is 31.7 Å². The highest BCUT2D eigenvalue weighted by Crippen LogP contribution is 2.34. The maximum atomic E-state index is 13.4. The van der Waals surface area contributed by atoms with Gasteiger partial charge in [0, 0.05) is 47.0 Å². The third kappa shape index (κ3) is 3.96. The van der Waals surface area contributed by atoms with Gasteiger partial charge >= 0.3 is 0 Å². The highest BCUT2D eigenvalue weighted by molar-refractivity contribution is 6.01. The van der Waals surface area contributed by atoms with Crippen LogP contribution in [0.4, 0.5) is 4.39 Å². The zero-order valence-electron chi connectivity index (χ0n) is 19.1. The zero-order valence-corrected chi connectivity index (χ0v) is 19.1. The molecular formula is C28H23FN6. The number of fused-ring (bicyclic) bond motifs is 2. The number of rotatable bonds is 6. The summed E-state index contributed by atoms with van der Waals surface area (Å²) < 4.78 is 13.4. The fourth-order valence-corrected chi connectivity index (χ4v) is 4.45. The van der Waals surface area contributed by atoms with Crippen LogP contribution in [0, 0.1) is 5.82 Å². The van der Waals surface area contributed by atoms with E-state index < -0.39 is 0 Å². The SMILES string of the molecule is CCNCc1cncc(-c2ccc3[nH]nc(-c4cc5c(-c6ccc(F)cc6)cncc5[nH]4)c3c2)c1. The third-order valence-electron chi connectivity index (χ3n) is 6.23. The summed E-state index contributed by atoms with van der Waals surface area (Å²) in [5.74, 6) is -0.259. The van der Waals surface area contributed by atoms with E-state index in [0.29, 0.717) is 0 Å². The second kappa shape index (κ2) is 8.77. The summed E-state index contributed by atoms with van der Waals surface area (Å²) in [6.45, 7) is 3.79. The van der Waals surface area contributed by atoms with E-state index in [0.717, 1.165) is 74.1 Å². The van der Waals surface area contributed by atoms with Crippen LogP contribution in [-0.2, 0) is 6.54 Å². The molecule has 4 aromatic heterocycles. The van der Waals surface area contributed by atoms with Crippen molar-refractivity contribution >= 4 is 21.8 Å². The molecule has 6 rings (SSSR count). The van der Waals surface area contributed by atoms with Crippen molar-refractivity contribution in [2.75, 3.05) is 6.54 Å². The molecule has 0 spiro atoms. The number of nitrogens with zero attached hydrogens (tertiary/aromatic N) is 3. The van der Waals surface area contributed by atoms with Crippen molar-refractivity contribution in [3.63, 3.8) is 0 Å². The van der Waals surface area contributed by atoms with Gasteiger partial charge in [0.2, 0.25) is 0 Å². The Kier molecular flexibility index (Phi) is 5.31. The van der Waals surface area contributed by atoms with Gasteiger partial charge in [0.05, 0.1) is 22.9 Å². The van der Waals surface area contributed by atoms with Gasteiger partial charge in [-0.2, -0.15) is 5.10 Å². The maximum Gasteiger partial charge on any atom is 0.123 e. The van der Waals surface area contributed by atoms with E-state index in [2.05, 4.69) is 61.7 Å². The highest BCUT2D eigenvalue weighted by atomic mass is 19.1. The van der Waals surface area contributed by atoms with Gasteiger partial charge < -0.3 is 10.3 Å². The van der Waals surface area contributed by atoms with Crippen LogP contribution in [0.5, 0.6) is 0 Å². The van der Waals surface area contributed by atoms with Gasteiger partial charge in [-0.3, -0.25) is 15.1 Å². The van der Waals surface area contributed by atoms with E-state index in [4.69, 9.17) is 0 Å². The Morgan fingerprint density at radius 2 is 1.63 bits per heavy atom. The minimum Gasteiger partial charge on any atom is -0.352 e. The van der Waals surface area contributed by atoms with E-state index in [1.807, 2.05) is 18.5 Å². The van der Waals surface area contributed by atoms with Crippen LogP contribution in [0.2, 0.25) is 0 Å². The molecule has 0 aliphatic heterocycles. The van der Waals surface area contributed by atoms with Crippen LogP contribution >= 0.6 is 0 Å². The molecule has 0 aliphatic rings. The van der Waals surface area contributed by atoms with Gasteiger partial charge in [-0.05, 0) is 59.6 Å². The zero-order chi connectivity index (χ0) is 23.8. The molecule has 2 aromatic carbocycles. The normalized spacial score (nSPS) is 11.5. The number of halogens is 1. The van der Waals surface area contributed by atoms with Crippen LogP contribution in [0.25, 0.3) is 55.4 Å². The van der Waals surface area contributed by atoms with Gasteiger partial charge in [-0.1, -0.05) is 25.1 Å². The molecule has 7 heteroatoms. The van der Waals surface area contributed by atoms with Gasteiger partial charge in [-0.25, -0.2) is 4.39 Å². The first kappa shape index (κ1) is 21.2. The summed E-state index contributed by atoms with van der Waals surface area (Å²) in [6, 6.07) is 17.0. The van der Waals surface area contributed by atoms with Crippen LogP contribution in [0.3, 0.4) is 0 Å². The molecular weight excluding hydrogens is 439 g/mol. The number of nitrogens with one attached hydrogen (secondary N) is 3. The van der Waals surface area contributed by atoms with Crippen LogP contribution in [0.1, 0.15) is 12.5 Å². The Bertz CT molecular complexity index is 1650. The lowest BCUT2D eigenvalue weighted by molar-refractivity contribution is 0.628. The molecule has 0 atom stereocenters. The maximum absolute atomic E-state index is 13.4. The smallest absolute Gasteiger partial charge is 0.123 e. The summed E-state index contributed by atoms with van der Waals surface area (Å²) in [6.07, 6.45) is 7.39. The quantitative estimate of drug-likeness (QED) is 0.280. The van der Waals surface area contributed by atoms with Crippen molar-refractivity contribution in [1.82, 2.24) is 30.5 Å². The summed E-state index contributed by atoms with van der Waals surface area (Å²) in [7, 11) is 0. The molecule has 4 heterocycles. The number of H-pyrrole nitrogens is 2. The highest BCUT2D eigenvalue weighted by Gasteiger charge is 2.15. The van der Waals surface area contributed by atoms with Gasteiger partial charge in [0.15, 0.2) is 0 Å². The van der Waals surface area contributed by atoms with E-state index in [1.54, 1.807) is 24.5 Å². The monoisotopic (exact) mass is 462 g/mol. The van der Waals surface area contributed by atoms with Crippen molar-refractivity contribution in [2.45, 2.75) is 13.5 Å². The average molecular weight is 463 g/mol. The Hall–Kier alpha value is -4.36. The van der Waals surface area contributed by atoms with Crippen LogP contribution < -0.4 is 5.32 Å². The largest absolute Gasteiger partial charge is 0.352 e. The third-order valence-corrected chi connectivity index (χ3v) is 6.23. The van der Waals surface area contributed by atoms with Crippen molar-refractivity contribution < 1.29 is 4.39 Å². The van der Waals surface area contributed by atoms with E-state index in [9.17, 15) is 4.39 Å². The average Bonchev–Trinajstić information content (AvgIpc) is 3.51. The first-order valence-corrected chi connectivity index (χ1v) is 11.6. The molecule has 3 N–H and O–H groups in total. The molecule has 0 amide bonds. The second-order valence-corrected chi connectivity index (χ2v) is 8.53. The van der Waals surface area contributed by atoms with Gasteiger partial charge in [0.1, 0.15) is 11.5 Å². The Balaban J connectivity index is 1.43. The fourth-order valence-electron chi connectivity index (χ4n) is 4.45. The lowest BCUT2D eigenvalue weighted by Gasteiger charge is -2.06. The standard InChI is InChI=1S/C28H23FN6/c1-2-30-12-17-9-20(14-31-13-17)19-5-8-25-23(10-19)28(35-34-25)26-11-22-24(15-32-16-27(22)33-26)18-3-6-21(29)7-4-18/h3-11,13-16,30,33H,2,12H2,1H3,(H,34,35). The molecule has 6 aromatic rings. The number of aromatic amines is 2. The molecule has 0 saturated carbocycles. The predicted molar refractivity (Wildman–Crippen MR) is 137 cm³/mol. The summed E-state index contributed by atoms with van der Waals surface area (Å²) in [5.41, 5.74) is 8.71. The Morgan fingerprint density at radius 3 is 2.49 bits per heavy atom. The summed E-state index contributed by atoms with van der Waals surface area (Å²) >= 11 is 0. The lowest BCUT2D eigenvalue weighted by Crippen LogP contribution is -2.11. The molecule has 0 radical (unpaired) electrons. The molecule has 6 nitrogen and oxygen atoms in total. The van der Waals surface area contributed by atoms with E-state index >= 15 is 0 Å². The van der Waals surface area contributed by atoms with Crippen LogP contribution in [0.15, 0.2) is 79.4 Å². The van der Waals surface area contributed by atoms with Crippen molar-refractivity contribution in [1.29, 1.82) is 0 Å². The fraction of sp³-hybridized carbons (Fsp3) is 0.107. The Labute approximate surface area is 201 Å². The lowest BCUT2D eigenvalue weighted by atomic mass is 10.0. The number of hydrogen-bond acceptors (Lipinski definition) is 4. The summed E-state index contributed by atoms with van der Waals surface area (Å²) in [4.78, 5) is 12.3. The molecule has 172 valence electrons. The molecule has 0 fully saturated rings. The van der Waals surface area contributed by atoms with Gasteiger partial charge in [0.25, 0.3) is 0 Å². The molecule has 0 bridgehead atoms. The molecule has 35 heavy (non-hydrogen) atoms. The number of aromatic nitrogens is 5. The first-order chi connectivity index (χ1) is 17.2. The summed E-state index contributed by atoms with van der Waals surface area (Å²) in [5, 5.41) is 13.1. The minimum absolute atomic E-state index is 0.259. The van der Waals surface area contributed by atoms with E-state index in [-0.39, 0.29) is 5.82 Å². The predicted octanol–water partition coefficient (Wildman–Crippen LogP) is 6.08. The number of benzene rings is 2. The Morgan fingerprint density at radius 1 is 0.800 bits per heavy atom. The van der Waals surface area contributed by atoms with Crippen molar-refractivity contribution in [3.05, 3.63) is 90.8 Å². The van der Waals surface area contributed by atoms with Gasteiger partial charge in [-0.15, -0.1) is 0 Å². The van der Waals surface area contributed by atoms with E-state index in [1.165, 1.54) is 12.1 Å². The number of pyridine rings is 2. The molecule has 0 saturated heterocycles. The van der Waals surface area contributed by atoms with Crippen molar-refractivity contribution in [3.8, 4) is 33.6 Å². The molecule has 0 unspecified atom stereocenters. The topological polar surface area (TPSA) is 82.3 Å². The number of hydrogen-bond donors (Lipinski definition) is 3. The molecule has 0 aliphatic carbocycles.